The molecule has 19 heavy (non-hydrogen) atoms. The Hall–Kier alpha value is -1.22. The van der Waals surface area contributed by atoms with Crippen LogP contribution in [0.4, 0.5) is 4.39 Å². The van der Waals surface area contributed by atoms with Crippen molar-refractivity contribution in [2.45, 2.75) is 51.6 Å². The van der Waals surface area contributed by atoms with E-state index in [0.29, 0.717) is 17.5 Å². The molecule has 0 amide bonds. The second-order valence-corrected chi connectivity index (χ2v) is 5.63. The van der Waals surface area contributed by atoms with Gasteiger partial charge in [-0.25, -0.2) is 4.39 Å². The maximum atomic E-state index is 12.8. The minimum Gasteiger partial charge on any atom is -0.304 e. The summed E-state index contributed by atoms with van der Waals surface area (Å²) in [6.07, 6.45) is 4.90. The van der Waals surface area contributed by atoms with Gasteiger partial charge in [0.05, 0.1) is 6.04 Å². The first-order valence-electron chi connectivity index (χ1n) is 7.14. The van der Waals surface area contributed by atoms with Gasteiger partial charge in [-0.05, 0) is 49.9 Å². The van der Waals surface area contributed by atoms with Crippen molar-refractivity contribution in [3.63, 3.8) is 0 Å². The maximum Gasteiger partial charge on any atom is 0.179 e. The molecule has 0 aliphatic heterocycles. The predicted octanol–water partition coefficient (Wildman–Crippen LogP) is 3.57. The zero-order valence-corrected chi connectivity index (χ0v) is 11.7. The van der Waals surface area contributed by atoms with Crippen LogP contribution in [0, 0.1) is 11.7 Å². The Labute approximate surface area is 114 Å². The molecule has 1 aliphatic carbocycles. The maximum absolute atomic E-state index is 12.8. The Balaban J connectivity index is 1.97. The smallest absolute Gasteiger partial charge is 0.179 e. The number of benzene rings is 1. The minimum absolute atomic E-state index is 0.0396. The molecule has 1 aliphatic rings. The average Bonchev–Trinajstić information content (AvgIpc) is 2.41. The Bertz CT molecular complexity index is 429. The number of carbonyl (C=O) groups excluding carboxylic acids is 1. The van der Waals surface area contributed by atoms with Crippen LogP contribution in [0.2, 0.25) is 0 Å². The lowest BCUT2D eigenvalue weighted by Crippen LogP contribution is -2.45. The molecule has 3 heteroatoms. The van der Waals surface area contributed by atoms with Crippen LogP contribution in [-0.4, -0.2) is 17.9 Å². The highest BCUT2D eigenvalue weighted by molar-refractivity contribution is 5.99. The minimum atomic E-state index is -0.307. The van der Waals surface area contributed by atoms with Crippen LogP contribution in [0.3, 0.4) is 0 Å². The second-order valence-electron chi connectivity index (χ2n) is 5.63. The second kappa shape index (κ2) is 6.29. The first kappa shape index (κ1) is 14.2. The molecule has 0 spiro atoms. The number of hydrogen-bond acceptors (Lipinski definition) is 2. The molecule has 3 unspecified atom stereocenters. The molecule has 0 aromatic heterocycles. The zero-order valence-electron chi connectivity index (χ0n) is 11.7. The third-order valence-electron chi connectivity index (χ3n) is 4.10. The van der Waals surface area contributed by atoms with Crippen LogP contribution < -0.4 is 5.32 Å². The Morgan fingerprint density at radius 3 is 2.53 bits per heavy atom. The number of Topliss-reactive ketones (excluding diaryl/α,β-unsaturated/α-hetero) is 1. The highest BCUT2D eigenvalue weighted by Gasteiger charge is 2.25. The topological polar surface area (TPSA) is 29.1 Å². The first-order chi connectivity index (χ1) is 9.08. The fourth-order valence-electron chi connectivity index (χ4n) is 2.82. The van der Waals surface area contributed by atoms with Crippen LogP contribution in [0.1, 0.15) is 49.9 Å². The predicted molar refractivity (Wildman–Crippen MR) is 74.7 cm³/mol. The van der Waals surface area contributed by atoms with E-state index in [1.165, 1.54) is 31.4 Å². The summed E-state index contributed by atoms with van der Waals surface area (Å²) >= 11 is 0. The molecule has 2 nitrogen and oxygen atoms in total. The molecule has 104 valence electrons. The van der Waals surface area contributed by atoms with Gasteiger partial charge < -0.3 is 5.32 Å². The Morgan fingerprint density at radius 1 is 1.26 bits per heavy atom. The lowest BCUT2D eigenvalue weighted by molar-refractivity contribution is 0.0932. The molecular weight excluding hydrogens is 241 g/mol. The molecule has 1 aromatic carbocycles. The average molecular weight is 263 g/mol. The summed E-state index contributed by atoms with van der Waals surface area (Å²) in [4.78, 5) is 12.3. The van der Waals surface area contributed by atoms with E-state index in [-0.39, 0.29) is 17.6 Å². The van der Waals surface area contributed by atoms with Gasteiger partial charge in [0.2, 0.25) is 0 Å². The third kappa shape index (κ3) is 3.63. The molecule has 1 aromatic rings. The lowest BCUT2D eigenvalue weighted by Gasteiger charge is -2.31. The van der Waals surface area contributed by atoms with Gasteiger partial charge in [0, 0.05) is 11.6 Å². The van der Waals surface area contributed by atoms with Crippen molar-refractivity contribution in [1.29, 1.82) is 0 Å². The van der Waals surface area contributed by atoms with E-state index in [1.807, 2.05) is 6.92 Å². The van der Waals surface area contributed by atoms with Crippen molar-refractivity contribution < 1.29 is 9.18 Å². The first-order valence-corrected chi connectivity index (χ1v) is 7.14. The number of halogens is 1. The molecular formula is C16H22FNO. The number of nitrogens with one attached hydrogen (secondary N) is 1. The summed E-state index contributed by atoms with van der Waals surface area (Å²) in [6.45, 7) is 4.14. The number of rotatable bonds is 4. The molecule has 1 saturated carbocycles. The van der Waals surface area contributed by atoms with Crippen LogP contribution in [0.5, 0.6) is 0 Å². The number of carbonyl (C=O) groups is 1. The van der Waals surface area contributed by atoms with E-state index in [2.05, 4.69) is 12.2 Å². The highest BCUT2D eigenvalue weighted by atomic mass is 19.1. The zero-order chi connectivity index (χ0) is 13.8. The number of hydrogen-bond donors (Lipinski definition) is 1. The van der Waals surface area contributed by atoms with Gasteiger partial charge >= 0.3 is 0 Å². The Kier molecular flexibility index (Phi) is 4.70. The van der Waals surface area contributed by atoms with Crippen LogP contribution in [0.25, 0.3) is 0 Å². The monoisotopic (exact) mass is 263 g/mol. The van der Waals surface area contributed by atoms with Gasteiger partial charge in [0.1, 0.15) is 5.82 Å². The number of ketones is 1. The van der Waals surface area contributed by atoms with Gasteiger partial charge in [-0.3, -0.25) is 4.79 Å². The summed E-state index contributed by atoms with van der Waals surface area (Å²) < 4.78 is 12.8. The standard InChI is InChI=1S/C16H22FNO/c1-11-5-3-4-6-15(11)18-12(2)16(19)13-7-9-14(17)10-8-13/h7-12,15,18H,3-6H2,1-2H3. The molecule has 0 bridgehead atoms. The van der Waals surface area contributed by atoms with Crippen LogP contribution in [-0.2, 0) is 0 Å². The molecule has 0 saturated heterocycles. The normalized spacial score (nSPS) is 25.0. The molecule has 1 fully saturated rings. The van der Waals surface area contributed by atoms with Crippen LogP contribution >= 0.6 is 0 Å². The third-order valence-corrected chi connectivity index (χ3v) is 4.10. The van der Waals surface area contributed by atoms with Gasteiger partial charge in [-0.1, -0.05) is 19.8 Å². The highest BCUT2D eigenvalue weighted by Crippen LogP contribution is 2.24. The van der Waals surface area contributed by atoms with Gasteiger partial charge in [-0.15, -0.1) is 0 Å². The fraction of sp³-hybridized carbons (Fsp3) is 0.562. The largest absolute Gasteiger partial charge is 0.304 e. The van der Waals surface area contributed by atoms with E-state index >= 15 is 0 Å². The van der Waals surface area contributed by atoms with Gasteiger partial charge in [0.15, 0.2) is 5.78 Å². The van der Waals surface area contributed by atoms with Crippen molar-refractivity contribution in [3.05, 3.63) is 35.6 Å². The summed E-state index contributed by atoms with van der Waals surface area (Å²) in [7, 11) is 0. The van der Waals surface area contributed by atoms with Crippen molar-refractivity contribution in [3.8, 4) is 0 Å². The van der Waals surface area contributed by atoms with E-state index in [9.17, 15) is 9.18 Å². The van der Waals surface area contributed by atoms with E-state index < -0.39 is 0 Å². The summed E-state index contributed by atoms with van der Waals surface area (Å²) in [5, 5.41) is 3.44. The molecule has 0 heterocycles. The van der Waals surface area contributed by atoms with E-state index in [0.717, 1.165) is 6.42 Å². The summed E-state index contributed by atoms with van der Waals surface area (Å²) in [5.74, 6) is 0.355. The molecule has 2 rings (SSSR count). The molecule has 1 N–H and O–H groups in total. The molecule has 3 atom stereocenters. The summed E-state index contributed by atoms with van der Waals surface area (Å²) in [6, 6.07) is 6.00. The van der Waals surface area contributed by atoms with Crippen molar-refractivity contribution in [2.75, 3.05) is 0 Å². The van der Waals surface area contributed by atoms with Crippen LogP contribution in [0.15, 0.2) is 24.3 Å². The lowest BCUT2D eigenvalue weighted by atomic mass is 9.85. The van der Waals surface area contributed by atoms with Gasteiger partial charge in [-0.2, -0.15) is 0 Å². The van der Waals surface area contributed by atoms with E-state index in [1.54, 1.807) is 12.1 Å². The van der Waals surface area contributed by atoms with Crippen molar-refractivity contribution >= 4 is 5.78 Å². The van der Waals surface area contributed by atoms with Crippen molar-refractivity contribution in [2.24, 2.45) is 5.92 Å². The molecule has 0 radical (unpaired) electrons. The van der Waals surface area contributed by atoms with E-state index in [4.69, 9.17) is 0 Å². The Morgan fingerprint density at radius 2 is 1.89 bits per heavy atom. The fourth-order valence-corrected chi connectivity index (χ4v) is 2.82. The summed E-state index contributed by atoms with van der Waals surface area (Å²) in [5.41, 5.74) is 0.574. The van der Waals surface area contributed by atoms with Crippen molar-refractivity contribution in [1.82, 2.24) is 5.32 Å². The van der Waals surface area contributed by atoms with Gasteiger partial charge in [0.25, 0.3) is 0 Å². The SMILES string of the molecule is CC(NC1CCCCC1C)C(=O)c1ccc(F)cc1. The quantitative estimate of drug-likeness (QED) is 0.841.